The Morgan fingerprint density at radius 3 is 1.23 bits per heavy atom. The van der Waals surface area contributed by atoms with Gasteiger partial charge in [0.25, 0.3) is 0 Å². The van der Waals surface area contributed by atoms with Crippen LogP contribution in [-0.4, -0.2) is 36.0 Å². The second-order valence-electron chi connectivity index (χ2n) is 6.24. The number of hydrogen-bond acceptors (Lipinski definition) is 4. The van der Waals surface area contributed by atoms with Gasteiger partial charge in [0.2, 0.25) is 0 Å². The van der Waals surface area contributed by atoms with Crippen LogP contribution in [0.5, 0.6) is 0 Å². The maximum atomic E-state index is 9.65. The molecule has 0 aromatic heterocycles. The number of nitriles is 2. The number of rotatable bonds is 4. The predicted octanol–water partition coefficient (Wildman–Crippen LogP) is 4.66. The molecule has 4 nitrogen and oxygen atoms in total. The van der Waals surface area contributed by atoms with Gasteiger partial charge in [-0.15, -0.1) is 0 Å². The fourth-order valence-corrected chi connectivity index (χ4v) is 3.81. The fourth-order valence-electron chi connectivity index (χ4n) is 3.28. The molecule has 0 amide bonds. The second kappa shape index (κ2) is 8.79. The van der Waals surface area contributed by atoms with Gasteiger partial charge in [0, 0.05) is 35.1 Å². The zero-order chi connectivity index (χ0) is 18.5. The minimum Gasteiger partial charge on any atom is -0.282 e. The van der Waals surface area contributed by atoms with Crippen molar-refractivity contribution in [2.75, 3.05) is 26.2 Å². The average Bonchev–Trinajstić information content (AvgIpc) is 2.67. The molecule has 2 aromatic rings. The smallest absolute Gasteiger partial charge is 0.123 e. The molecule has 1 aliphatic rings. The van der Waals surface area contributed by atoms with Gasteiger partial charge in [-0.05, 0) is 35.4 Å². The molecule has 1 fully saturated rings. The number of piperazine rings is 1. The topological polar surface area (TPSA) is 54.1 Å². The first-order valence-corrected chi connectivity index (χ1v) is 9.99. The summed E-state index contributed by atoms with van der Waals surface area (Å²) in [7, 11) is 0. The third-order valence-electron chi connectivity index (χ3n) is 4.70. The van der Waals surface area contributed by atoms with E-state index in [1.165, 1.54) is 0 Å². The van der Waals surface area contributed by atoms with Crippen LogP contribution in [0.4, 0.5) is 0 Å². The summed E-state index contributed by atoms with van der Waals surface area (Å²) in [4.78, 5) is 4.38. The number of hydrogen-bond donors (Lipinski definition) is 0. The third kappa shape index (κ3) is 4.34. The molecule has 3 rings (SSSR count). The highest BCUT2D eigenvalue weighted by atomic mass is 79.9. The highest BCUT2D eigenvalue weighted by Crippen LogP contribution is 2.27. The summed E-state index contributed by atoms with van der Waals surface area (Å²) in [6, 6.07) is 20.2. The van der Waals surface area contributed by atoms with Crippen molar-refractivity contribution in [3.63, 3.8) is 0 Å². The highest BCUT2D eigenvalue weighted by molar-refractivity contribution is 9.10. The van der Waals surface area contributed by atoms with Crippen LogP contribution in [-0.2, 0) is 0 Å². The summed E-state index contributed by atoms with van der Waals surface area (Å²) in [6.45, 7) is 3.07. The molecule has 132 valence electrons. The zero-order valence-corrected chi connectivity index (χ0v) is 17.3. The monoisotopic (exact) mass is 472 g/mol. The van der Waals surface area contributed by atoms with Crippen LogP contribution in [0.3, 0.4) is 0 Å². The van der Waals surface area contributed by atoms with Crippen molar-refractivity contribution in [2.45, 2.75) is 12.1 Å². The Balaban J connectivity index is 1.67. The van der Waals surface area contributed by atoms with Gasteiger partial charge >= 0.3 is 0 Å². The molecule has 2 aromatic carbocycles. The standard InChI is InChI=1S/C20H18Br2N4/c21-17-5-1-15(2-6-17)19(13-23)25-9-11-26(12-10-25)20(14-24)16-3-7-18(22)8-4-16/h1-8,19-20H,9-12H2/t19-,20-/m0/s1. The van der Waals surface area contributed by atoms with E-state index >= 15 is 0 Å². The number of nitrogens with zero attached hydrogens (tertiary/aromatic N) is 4. The molecule has 0 aliphatic carbocycles. The lowest BCUT2D eigenvalue weighted by molar-refractivity contribution is 0.0979. The van der Waals surface area contributed by atoms with E-state index in [0.29, 0.717) is 0 Å². The first kappa shape index (κ1) is 19.1. The van der Waals surface area contributed by atoms with E-state index in [0.717, 1.165) is 46.3 Å². The van der Waals surface area contributed by atoms with E-state index in [-0.39, 0.29) is 12.1 Å². The summed E-state index contributed by atoms with van der Waals surface area (Å²) < 4.78 is 2.02. The first-order valence-electron chi connectivity index (χ1n) is 8.40. The Bertz CT molecular complexity index is 741. The lowest BCUT2D eigenvalue weighted by atomic mass is 10.0. The summed E-state index contributed by atoms with van der Waals surface area (Å²) in [5, 5.41) is 19.3. The van der Waals surface area contributed by atoms with Crippen LogP contribution >= 0.6 is 31.9 Å². The maximum absolute atomic E-state index is 9.65. The SMILES string of the molecule is N#C[C@@H](c1ccc(Br)cc1)N1CCN([C@@H](C#N)c2ccc(Br)cc2)CC1. The zero-order valence-electron chi connectivity index (χ0n) is 14.1. The van der Waals surface area contributed by atoms with Crippen molar-refractivity contribution in [3.05, 3.63) is 68.6 Å². The normalized spacial score (nSPS) is 17.8. The maximum Gasteiger partial charge on any atom is 0.123 e. The molecule has 1 heterocycles. The van der Waals surface area contributed by atoms with E-state index in [4.69, 9.17) is 0 Å². The van der Waals surface area contributed by atoms with Crippen molar-refractivity contribution in [1.82, 2.24) is 9.80 Å². The number of halogens is 2. The molecule has 6 heteroatoms. The Kier molecular flexibility index (Phi) is 6.45. The summed E-state index contributed by atoms with van der Waals surface area (Å²) in [5.74, 6) is 0. The Hall–Kier alpha value is -1.70. The predicted molar refractivity (Wildman–Crippen MR) is 108 cm³/mol. The van der Waals surface area contributed by atoms with Crippen LogP contribution in [0.25, 0.3) is 0 Å². The minimum absolute atomic E-state index is 0.251. The van der Waals surface area contributed by atoms with Gasteiger partial charge < -0.3 is 0 Å². The molecule has 0 bridgehead atoms. The van der Waals surface area contributed by atoms with Crippen LogP contribution in [0.1, 0.15) is 23.2 Å². The van der Waals surface area contributed by atoms with Crippen LogP contribution in [0.2, 0.25) is 0 Å². The van der Waals surface area contributed by atoms with Gasteiger partial charge in [0.15, 0.2) is 0 Å². The quantitative estimate of drug-likeness (QED) is 0.647. The van der Waals surface area contributed by atoms with E-state index < -0.39 is 0 Å². The van der Waals surface area contributed by atoms with Crippen molar-refractivity contribution >= 4 is 31.9 Å². The van der Waals surface area contributed by atoms with Crippen molar-refractivity contribution in [3.8, 4) is 12.1 Å². The van der Waals surface area contributed by atoms with Gasteiger partial charge in [0.1, 0.15) is 12.1 Å². The summed E-state index contributed by atoms with van der Waals surface area (Å²) in [6.07, 6.45) is 0. The lowest BCUT2D eigenvalue weighted by Crippen LogP contribution is -2.48. The van der Waals surface area contributed by atoms with Crippen molar-refractivity contribution in [2.24, 2.45) is 0 Å². The van der Waals surface area contributed by atoms with Gasteiger partial charge in [0.05, 0.1) is 12.1 Å². The summed E-state index contributed by atoms with van der Waals surface area (Å²) >= 11 is 6.87. The van der Waals surface area contributed by atoms with E-state index in [9.17, 15) is 10.5 Å². The van der Waals surface area contributed by atoms with Crippen LogP contribution in [0.15, 0.2) is 57.5 Å². The van der Waals surface area contributed by atoms with Crippen molar-refractivity contribution < 1.29 is 0 Å². The highest BCUT2D eigenvalue weighted by Gasteiger charge is 2.29. The van der Waals surface area contributed by atoms with E-state index in [1.54, 1.807) is 0 Å². The van der Waals surface area contributed by atoms with Crippen LogP contribution < -0.4 is 0 Å². The molecule has 1 aliphatic heterocycles. The second-order valence-corrected chi connectivity index (χ2v) is 8.07. The Morgan fingerprint density at radius 1 is 0.654 bits per heavy atom. The largest absolute Gasteiger partial charge is 0.282 e. The lowest BCUT2D eigenvalue weighted by Gasteiger charge is -2.38. The van der Waals surface area contributed by atoms with Gasteiger partial charge in [-0.3, -0.25) is 9.80 Å². The third-order valence-corrected chi connectivity index (χ3v) is 5.75. The molecule has 0 saturated carbocycles. The van der Waals surface area contributed by atoms with E-state index in [1.807, 2.05) is 48.5 Å². The first-order chi connectivity index (χ1) is 12.6. The van der Waals surface area contributed by atoms with Gasteiger partial charge in [-0.1, -0.05) is 56.1 Å². The molecule has 1 saturated heterocycles. The Morgan fingerprint density at radius 2 is 0.962 bits per heavy atom. The van der Waals surface area contributed by atoms with Gasteiger partial charge in [-0.2, -0.15) is 10.5 Å². The molecule has 0 unspecified atom stereocenters. The Labute approximate surface area is 170 Å². The summed E-state index contributed by atoms with van der Waals surface area (Å²) in [5.41, 5.74) is 2.02. The molecule has 0 spiro atoms. The molecule has 2 atom stereocenters. The minimum atomic E-state index is -0.251. The fraction of sp³-hybridized carbons (Fsp3) is 0.300. The van der Waals surface area contributed by atoms with Gasteiger partial charge in [-0.25, -0.2) is 0 Å². The molecular weight excluding hydrogens is 456 g/mol. The average molecular weight is 474 g/mol. The molecular formula is C20H18Br2N4. The molecule has 26 heavy (non-hydrogen) atoms. The van der Waals surface area contributed by atoms with Crippen LogP contribution in [0, 0.1) is 22.7 Å². The van der Waals surface area contributed by atoms with E-state index in [2.05, 4.69) is 53.8 Å². The number of benzene rings is 2. The molecule has 0 radical (unpaired) electrons. The van der Waals surface area contributed by atoms with Crippen molar-refractivity contribution in [1.29, 1.82) is 10.5 Å². The molecule has 0 N–H and O–H groups in total.